The van der Waals surface area contributed by atoms with Crippen LogP contribution in [0.15, 0.2) is 20.0 Å². The van der Waals surface area contributed by atoms with E-state index in [-0.39, 0.29) is 22.2 Å². The summed E-state index contributed by atoms with van der Waals surface area (Å²) in [7, 11) is -3.57. The molecule has 1 saturated heterocycles. The highest BCUT2D eigenvalue weighted by molar-refractivity contribution is 9.10. The number of hydrogen-bond donors (Lipinski definition) is 2. The fourth-order valence-corrected chi connectivity index (χ4v) is 4.86. The topological polar surface area (TPSA) is 88.6 Å². The first-order chi connectivity index (χ1) is 9.96. The number of nitrogens with zero attached hydrogens (tertiary/aromatic N) is 1. The number of likely N-dealkylation sites (tertiary alicyclic amines) is 1. The zero-order valence-corrected chi connectivity index (χ0v) is 14.5. The van der Waals surface area contributed by atoms with E-state index < -0.39 is 10.0 Å². The maximum atomic E-state index is 12.4. The number of furan rings is 1. The van der Waals surface area contributed by atoms with Crippen LogP contribution < -0.4 is 10.5 Å². The lowest BCUT2D eigenvalue weighted by Gasteiger charge is -2.31. The van der Waals surface area contributed by atoms with Gasteiger partial charge in [0.2, 0.25) is 10.0 Å². The first-order valence-electron chi connectivity index (χ1n) is 7.19. The molecule has 0 aromatic carbocycles. The molecule has 8 heteroatoms. The van der Waals surface area contributed by atoms with E-state index in [0.717, 1.165) is 38.9 Å². The van der Waals surface area contributed by atoms with Crippen LogP contribution in [0.4, 0.5) is 0 Å². The van der Waals surface area contributed by atoms with Crippen LogP contribution in [0, 0.1) is 0 Å². The quantitative estimate of drug-likeness (QED) is 0.784. The molecule has 21 heavy (non-hydrogen) atoms. The van der Waals surface area contributed by atoms with Gasteiger partial charge in [0.15, 0.2) is 4.67 Å². The summed E-state index contributed by atoms with van der Waals surface area (Å²) in [6.07, 6.45) is 2.79. The second kappa shape index (κ2) is 7.23. The summed E-state index contributed by atoms with van der Waals surface area (Å²) in [5, 5.41) is 0. The van der Waals surface area contributed by atoms with Crippen LogP contribution in [0.5, 0.6) is 0 Å². The van der Waals surface area contributed by atoms with Crippen LogP contribution >= 0.6 is 15.9 Å². The van der Waals surface area contributed by atoms with Gasteiger partial charge in [0, 0.05) is 12.1 Å². The molecule has 1 fully saturated rings. The second-order valence-corrected chi connectivity index (χ2v) is 7.69. The Morgan fingerprint density at radius 3 is 2.67 bits per heavy atom. The van der Waals surface area contributed by atoms with Crippen molar-refractivity contribution in [2.45, 2.75) is 43.7 Å². The minimum Gasteiger partial charge on any atom is -0.452 e. The normalized spacial score (nSPS) is 18.2. The fraction of sp³-hybridized carbons (Fsp3) is 0.692. The van der Waals surface area contributed by atoms with Crippen LogP contribution in [0.1, 0.15) is 31.9 Å². The van der Waals surface area contributed by atoms with E-state index >= 15 is 0 Å². The Morgan fingerprint density at radius 2 is 2.14 bits per heavy atom. The smallest absolute Gasteiger partial charge is 0.245 e. The van der Waals surface area contributed by atoms with Gasteiger partial charge in [0.1, 0.15) is 10.7 Å². The molecule has 6 nitrogen and oxygen atoms in total. The molecule has 1 aliphatic heterocycles. The van der Waals surface area contributed by atoms with E-state index in [0.29, 0.717) is 5.76 Å². The third-order valence-corrected chi connectivity index (χ3v) is 6.02. The lowest BCUT2D eigenvalue weighted by molar-refractivity contribution is 0.208. The van der Waals surface area contributed by atoms with Crippen molar-refractivity contribution in [3.63, 3.8) is 0 Å². The maximum Gasteiger partial charge on any atom is 0.245 e. The average molecular weight is 380 g/mol. The number of piperidine rings is 1. The predicted molar refractivity (Wildman–Crippen MR) is 84.4 cm³/mol. The lowest BCUT2D eigenvalue weighted by Crippen LogP contribution is -2.44. The van der Waals surface area contributed by atoms with Crippen LogP contribution in [-0.2, 0) is 16.6 Å². The minimum atomic E-state index is -3.57. The Bertz CT molecular complexity index is 565. The SMILES string of the molecule is CCCN1CCC(NS(=O)(=O)c2cc(CN)oc2Br)CC1. The molecular formula is C13H22BrN3O3S. The largest absolute Gasteiger partial charge is 0.452 e. The molecule has 0 amide bonds. The van der Waals surface area contributed by atoms with E-state index in [9.17, 15) is 8.42 Å². The monoisotopic (exact) mass is 379 g/mol. The molecule has 0 unspecified atom stereocenters. The van der Waals surface area contributed by atoms with Crippen molar-refractivity contribution < 1.29 is 12.8 Å². The van der Waals surface area contributed by atoms with Gasteiger partial charge in [0.25, 0.3) is 0 Å². The van der Waals surface area contributed by atoms with Gasteiger partial charge in [-0.15, -0.1) is 0 Å². The van der Waals surface area contributed by atoms with Crippen LogP contribution in [0.2, 0.25) is 0 Å². The number of nitrogens with two attached hydrogens (primary N) is 1. The maximum absolute atomic E-state index is 12.4. The van der Waals surface area contributed by atoms with Gasteiger partial charge in [-0.3, -0.25) is 0 Å². The molecule has 2 rings (SSSR count). The van der Waals surface area contributed by atoms with Gasteiger partial charge in [-0.1, -0.05) is 6.92 Å². The van der Waals surface area contributed by atoms with Gasteiger partial charge < -0.3 is 15.1 Å². The van der Waals surface area contributed by atoms with Crippen molar-refractivity contribution in [1.29, 1.82) is 0 Å². The van der Waals surface area contributed by atoms with E-state index in [1.54, 1.807) is 0 Å². The summed E-state index contributed by atoms with van der Waals surface area (Å²) in [6, 6.07) is 1.45. The Morgan fingerprint density at radius 1 is 1.48 bits per heavy atom. The van der Waals surface area contributed by atoms with Gasteiger partial charge in [-0.25, -0.2) is 13.1 Å². The molecule has 0 atom stereocenters. The van der Waals surface area contributed by atoms with E-state index in [2.05, 4.69) is 32.5 Å². The molecule has 120 valence electrons. The van der Waals surface area contributed by atoms with E-state index in [1.807, 2.05) is 0 Å². The third-order valence-electron chi connectivity index (χ3n) is 3.65. The molecule has 0 spiro atoms. The Kier molecular flexibility index (Phi) is 5.84. The Hall–Kier alpha value is -0.410. The summed E-state index contributed by atoms with van der Waals surface area (Å²) in [6.45, 7) is 5.26. The molecule has 0 aliphatic carbocycles. The van der Waals surface area contributed by atoms with Gasteiger partial charge in [0.05, 0.1) is 6.54 Å². The Labute approximate surface area is 134 Å². The molecule has 2 heterocycles. The zero-order valence-electron chi connectivity index (χ0n) is 12.1. The van der Waals surface area contributed by atoms with E-state index in [4.69, 9.17) is 10.2 Å². The number of hydrogen-bond acceptors (Lipinski definition) is 5. The van der Waals surface area contributed by atoms with Crippen molar-refractivity contribution in [3.05, 3.63) is 16.5 Å². The zero-order chi connectivity index (χ0) is 15.5. The van der Waals surface area contributed by atoms with Crippen molar-refractivity contribution in [1.82, 2.24) is 9.62 Å². The van der Waals surface area contributed by atoms with Crippen molar-refractivity contribution >= 4 is 26.0 Å². The summed E-state index contributed by atoms with van der Waals surface area (Å²) in [5.74, 6) is 0.444. The van der Waals surface area contributed by atoms with Crippen LogP contribution in [-0.4, -0.2) is 39.0 Å². The van der Waals surface area contributed by atoms with Gasteiger partial charge >= 0.3 is 0 Å². The number of nitrogens with one attached hydrogen (secondary N) is 1. The first-order valence-corrected chi connectivity index (χ1v) is 9.47. The number of halogens is 1. The molecule has 3 N–H and O–H groups in total. The third kappa shape index (κ3) is 4.29. The van der Waals surface area contributed by atoms with Crippen LogP contribution in [0.25, 0.3) is 0 Å². The Balaban J connectivity index is 2.00. The first kappa shape index (κ1) is 17.0. The fourth-order valence-electron chi connectivity index (χ4n) is 2.56. The molecule has 0 radical (unpaired) electrons. The summed E-state index contributed by atoms with van der Waals surface area (Å²) in [5.41, 5.74) is 5.47. The minimum absolute atomic E-state index is 0.0220. The van der Waals surface area contributed by atoms with Crippen molar-refractivity contribution in [2.75, 3.05) is 19.6 Å². The predicted octanol–water partition coefficient (Wildman–Crippen LogP) is 1.65. The van der Waals surface area contributed by atoms with Gasteiger partial charge in [-0.2, -0.15) is 0 Å². The highest BCUT2D eigenvalue weighted by Crippen LogP contribution is 2.26. The lowest BCUT2D eigenvalue weighted by atomic mass is 10.1. The van der Waals surface area contributed by atoms with Crippen molar-refractivity contribution in [3.8, 4) is 0 Å². The molecular weight excluding hydrogens is 358 g/mol. The highest BCUT2D eigenvalue weighted by atomic mass is 79.9. The summed E-state index contributed by atoms with van der Waals surface area (Å²) >= 11 is 3.14. The van der Waals surface area contributed by atoms with Crippen molar-refractivity contribution in [2.24, 2.45) is 5.73 Å². The molecule has 1 aliphatic rings. The number of sulfonamides is 1. The molecule has 0 saturated carbocycles. The molecule has 0 bridgehead atoms. The molecule has 1 aromatic rings. The molecule has 1 aromatic heterocycles. The average Bonchev–Trinajstić information content (AvgIpc) is 2.83. The second-order valence-electron chi connectivity index (χ2n) is 5.29. The standard InChI is InChI=1S/C13H22BrN3O3S/c1-2-5-17-6-3-10(4-7-17)16-21(18,19)12-8-11(9-15)20-13(12)14/h8,10,16H,2-7,9,15H2,1H3. The number of rotatable bonds is 6. The van der Waals surface area contributed by atoms with E-state index in [1.165, 1.54) is 6.07 Å². The summed E-state index contributed by atoms with van der Waals surface area (Å²) < 4.78 is 33.0. The van der Waals surface area contributed by atoms with Gasteiger partial charge in [-0.05, 0) is 54.8 Å². The highest BCUT2D eigenvalue weighted by Gasteiger charge is 2.27. The van der Waals surface area contributed by atoms with Crippen LogP contribution in [0.3, 0.4) is 0 Å². The summed E-state index contributed by atoms with van der Waals surface area (Å²) in [4.78, 5) is 2.49.